The van der Waals surface area contributed by atoms with Crippen LogP contribution in [0.5, 0.6) is 11.5 Å². The van der Waals surface area contributed by atoms with Gasteiger partial charge in [0.15, 0.2) is 11.5 Å². The molecule has 0 radical (unpaired) electrons. The van der Waals surface area contributed by atoms with Gasteiger partial charge in [-0.2, -0.15) is 4.31 Å². The molecule has 1 aliphatic rings. The second-order valence-corrected chi connectivity index (χ2v) is 8.02. The van der Waals surface area contributed by atoms with E-state index >= 15 is 0 Å². The Hall–Kier alpha value is -1.84. The van der Waals surface area contributed by atoms with E-state index < -0.39 is 10.0 Å². The van der Waals surface area contributed by atoms with Crippen molar-refractivity contribution in [1.29, 1.82) is 0 Å². The largest absolute Gasteiger partial charge is 0.493 e. The first-order valence-electron chi connectivity index (χ1n) is 8.64. The number of nitrogens with zero attached hydrogens (tertiary/aromatic N) is 1. The lowest BCUT2D eigenvalue weighted by molar-refractivity contribution is -0.121. The maximum absolute atomic E-state index is 13.1. The van der Waals surface area contributed by atoms with E-state index in [1.54, 1.807) is 6.07 Å². The molecular weight excluding hydrogens is 358 g/mol. The monoisotopic (exact) mass is 385 g/mol. The quantitative estimate of drug-likeness (QED) is 0.682. The number of carbonyl (C=O) groups excluding carboxylic acids is 1. The normalized spacial score (nSPS) is 18.3. The van der Waals surface area contributed by atoms with Crippen molar-refractivity contribution in [3.05, 3.63) is 18.2 Å². The summed E-state index contributed by atoms with van der Waals surface area (Å²) in [6.45, 7) is 0.976. The van der Waals surface area contributed by atoms with Crippen LogP contribution < -0.4 is 20.5 Å². The molecular formula is C17H27N3O5S. The zero-order valence-electron chi connectivity index (χ0n) is 15.2. The maximum Gasteiger partial charge on any atom is 0.243 e. The molecule has 146 valence electrons. The Morgan fingerprint density at radius 1 is 1.27 bits per heavy atom. The van der Waals surface area contributed by atoms with Crippen molar-refractivity contribution in [3.8, 4) is 11.5 Å². The number of methoxy groups -OCH3 is 2. The average Bonchev–Trinajstić information content (AvgIpc) is 2.66. The highest BCUT2D eigenvalue weighted by Gasteiger charge is 2.34. The molecule has 26 heavy (non-hydrogen) atoms. The number of piperidine rings is 1. The molecule has 3 N–H and O–H groups in total. The van der Waals surface area contributed by atoms with Gasteiger partial charge in [0.1, 0.15) is 0 Å². The molecule has 9 heteroatoms. The SMILES string of the molecule is COc1ccc(S(=O)(=O)N2CCCCC2CNC(=O)CCN)cc1OC. The molecule has 0 bridgehead atoms. The van der Waals surface area contributed by atoms with Gasteiger partial charge in [-0.3, -0.25) is 4.79 Å². The van der Waals surface area contributed by atoms with E-state index in [0.29, 0.717) is 24.5 Å². The summed E-state index contributed by atoms with van der Waals surface area (Å²) in [7, 11) is -0.747. The second kappa shape index (κ2) is 9.20. The van der Waals surface area contributed by atoms with E-state index in [-0.39, 0.29) is 36.4 Å². The third-order valence-electron chi connectivity index (χ3n) is 4.44. The molecule has 2 rings (SSSR count). The summed E-state index contributed by atoms with van der Waals surface area (Å²) in [6.07, 6.45) is 2.65. The highest BCUT2D eigenvalue weighted by Crippen LogP contribution is 2.32. The van der Waals surface area contributed by atoms with Crippen LogP contribution in [0.25, 0.3) is 0 Å². The number of ether oxygens (including phenoxy) is 2. The molecule has 0 spiro atoms. The zero-order chi connectivity index (χ0) is 19.2. The van der Waals surface area contributed by atoms with Crippen LogP contribution in [0.2, 0.25) is 0 Å². The van der Waals surface area contributed by atoms with Gasteiger partial charge >= 0.3 is 0 Å². The van der Waals surface area contributed by atoms with Crippen molar-refractivity contribution in [3.63, 3.8) is 0 Å². The van der Waals surface area contributed by atoms with Crippen LogP contribution in [0, 0.1) is 0 Å². The average molecular weight is 385 g/mol. The summed E-state index contributed by atoms with van der Waals surface area (Å²) in [5.41, 5.74) is 5.37. The molecule has 0 aromatic heterocycles. The number of nitrogens with one attached hydrogen (secondary N) is 1. The van der Waals surface area contributed by atoms with Gasteiger partial charge in [-0.05, 0) is 25.0 Å². The van der Waals surface area contributed by atoms with Gasteiger partial charge in [0, 0.05) is 38.2 Å². The van der Waals surface area contributed by atoms with E-state index in [1.807, 2.05) is 0 Å². The third-order valence-corrected chi connectivity index (χ3v) is 6.39. The minimum Gasteiger partial charge on any atom is -0.493 e. The summed E-state index contributed by atoms with van der Waals surface area (Å²) >= 11 is 0. The van der Waals surface area contributed by atoms with E-state index in [9.17, 15) is 13.2 Å². The molecule has 1 unspecified atom stereocenters. The molecule has 1 atom stereocenters. The fourth-order valence-corrected chi connectivity index (χ4v) is 4.77. The van der Waals surface area contributed by atoms with Crippen LogP contribution in [-0.4, -0.2) is 58.5 Å². The molecule has 1 fully saturated rings. The highest BCUT2D eigenvalue weighted by molar-refractivity contribution is 7.89. The van der Waals surface area contributed by atoms with Crippen LogP contribution in [0.15, 0.2) is 23.1 Å². The standard InChI is InChI=1S/C17H27N3O5S/c1-24-15-7-6-14(11-16(15)25-2)26(22,23)20-10-4-3-5-13(20)12-19-17(21)8-9-18/h6-7,11,13H,3-5,8-10,12,18H2,1-2H3,(H,19,21). The van der Waals surface area contributed by atoms with Crippen molar-refractivity contribution in [2.75, 3.05) is 33.9 Å². The number of hydrogen-bond donors (Lipinski definition) is 2. The topological polar surface area (TPSA) is 111 Å². The zero-order valence-corrected chi connectivity index (χ0v) is 16.0. The Balaban J connectivity index is 2.22. The molecule has 1 saturated heterocycles. The van der Waals surface area contributed by atoms with Crippen molar-refractivity contribution < 1.29 is 22.7 Å². The van der Waals surface area contributed by atoms with Gasteiger partial charge in [0.25, 0.3) is 0 Å². The van der Waals surface area contributed by atoms with Gasteiger partial charge in [-0.15, -0.1) is 0 Å². The van der Waals surface area contributed by atoms with Crippen LogP contribution in [0.3, 0.4) is 0 Å². The number of benzene rings is 1. The summed E-state index contributed by atoms with van der Waals surface area (Å²) in [6, 6.07) is 4.28. The predicted molar refractivity (Wildman–Crippen MR) is 97.8 cm³/mol. The van der Waals surface area contributed by atoms with Crippen molar-refractivity contribution in [1.82, 2.24) is 9.62 Å². The van der Waals surface area contributed by atoms with E-state index in [2.05, 4.69) is 5.32 Å². The summed E-state index contributed by atoms with van der Waals surface area (Å²) in [5, 5.41) is 2.78. The Morgan fingerprint density at radius 3 is 2.65 bits per heavy atom. The van der Waals surface area contributed by atoms with E-state index in [1.165, 1.54) is 30.7 Å². The minimum atomic E-state index is -3.71. The molecule has 1 aromatic rings. The Labute approximate surface area is 154 Å². The second-order valence-electron chi connectivity index (χ2n) is 6.12. The summed E-state index contributed by atoms with van der Waals surface area (Å²) in [5.74, 6) is 0.663. The number of sulfonamides is 1. The lowest BCUT2D eigenvalue weighted by atomic mass is 10.1. The van der Waals surface area contributed by atoms with Crippen molar-refractivity contribution in [2.24, 2.45) is 5.73 Å². The van der Waals surface area contributed by atoms with Gasteiger partial charge in [-0.25, -0.2) is 8.42 Å². The van der Waals surface area contributed by atoms with Gasteiger partial charge in [0.2, 0.25) is 15.9 Å². The van der Waals surface area contributed by atoms with Crippen LogP contribution in [0.1, 0.15) is 25.7 Å². The summed E-state index contributed by atoms with van der Waals surface area (Å²) < 4.78 is 38.1. The van der Waals surface area contributed by atoms with Crippen LogP contribution >= 0.6 is 0 Å². The van der Waals surface area contributed by atoms with Gasteiger partial charge < -0.3 is 20.5 Å². The highest BCUT2D eigenvalue weighted by atomic mass is 32.2. The maximum atomic E-state index is 13.1. The number of carbonyl (C=O) groups is 1. The number of amides is 1. The smallest absolute Gasteiger partial charge is 0.243 e. The third kappa shape index (κ3) is 4.66. The Morgan fingerprint density at radius 2 is 2.00 bits per heavy atom. The van der Waals surface area contributed by atoms with Gasteiger partial charge in [0.05, 0.1) is 19.1 Å². The predicted octanol–water partition coefficient (Wildman–Crippen LogP) is 0.712. The fraction of sp³-hybridized carbons (Fsp3) is 0.588. The number of nitrogens with two attached hydrogens (primary N) is 1. The van der Waals surface area contributed by atoms with E-state index in [4.69, 9.17) is 15.2 Å². The van der Waals surface area contributed by atoms with Gasteiger partial charge in [-0.1, -0.05) is 6.42 Å². The molecule has 1 heterocycles. The molecule has 0 aliphatic carbocycles. The first-order valence-corrected chi connectivity index (χ1v) is 10.1. The molecule has 1 amide bonds. The van der Waals surface area contributed by atoms with Crippen molar-refractivity contribution in [2.45, 2.75) is 36.6 Å². The minimum absolute atomic E-state index is 0.148. The van der Waals surface area contributed by atoms with Crippen LogP contribution in [0.4, 0.5) is 0 Å². The lowest BCUT2D eigenvalue weighted by Gasteiger charge is -2.34. The van der Waals surface area contributed by atoms with Crippen LogP contribution in [-0.2, 0) is 14.8 Å². The van der Waals surface area contributed by atoms with E-state index in [0.717, 1.165) is 12.8 Å². The first-order chi connectivity index (χ1) is 12.4. The molecule has 1 aliphatic heterocycles. The lowest BCUT2D eigenvalue weighted by Crippen LogP contribution is -2.49. The first kappa shape index (κ1) is 20.5. The number of rotatable bonds is 8. The van der Waals surface area contributed by atoms with Crippen molar-refractivity contribution >= 4 is 15.9 Å². The summed E-state index contributed by atoms with van der Waals surface area (Å²) in [4.78, 5) is 11.8. The molecule has 0 saturated carbocycles. The number of hydrogen-bond acceptors (Lipinski definition) is 6. The molecule has 1 aromatic carbocycles. The molecule has 8 nitrogen and oxygen atoms in total. The Kier molecular flexibility index (Phi) is 7.24. The fourth-order valence-electron chi connectivity index (χ4n) is 3.06. The Bertz CT molecular complexity index is 723.